The fourth-order valence-corrected chi connectivity index (χ4v) is 2.29. The van der Waals surface area contributed by atoms with Crippen LogP contribution in [0.1, 0.15) is 13.8 Å². The number of fused-ring (bicyclic) bond motifs is 1. The zero-order valence-corrected chi connectivity index (χ0v) is 11.6. The summed E-state index contributed by atoms with van der Waals surface area (Å²) in [5, 5.41) is 0. The lowest BCUT2D eigenvalue weighted by atomic mass is 10.2. The summed E-state index contributed by atoms with van der Waals surface area (Å²) in [6.07, 6.45) is 0. The number of anilines is 2. The first-order valence-corrected chi connectivity index (χ1v) is 6.70. The molecule has 1 amide bonds. The van der Waals surface area contributed by atoms with E-state index in [1.165, 1.54) is 0 Å². The van der Waals surface area contributed by atoms with Crippen LogP contribution >= 0.6 is 0 Å². The Morgan fingerprint density at radius 1 is 1.42 bits per heavy atom. The minimum absolute atomic E-state index is 0.139. The third-order valence-electron chi connectivity index (χ3n) is 3.38. The number of nitrogen functional groups attached to an aromatic ring is 1. The molecule has 104 valence electrons. The van der Waals surface area contributed by atoms with Gasteiger partial charge < -0.3 is 20.3 Å². The molecule has 0 bridgehead atoms. The van der Waals surface area contributed by atoms with E-state index in [-0.39, 0.29) is 5.91 Å². The minimum atomic E-state index is 0.139. The van der Waals surface area contributed by atoms with Gasteiger partial charge in [-0.1, -0.05) is 0 Å². The molecular formula is C14H21N3O2. The number of benzene rings is 1. The maximum Gasteiger partial charge on any atom is 0.242 e. The first kappa shape index (κ1) is 13.5. The van der Waals surface area contributed by atoms with Crippen molar-refractivity contribution < 1.29 is 9.53 Å². The summed E-state index contributed by atoms with van der Waals surface area (Å²) >= 11 is 0. The molecule has 5 nitrogen and oxygen atoms in total. The highest BCUT2D eigenvalue weighted by molar-refractivity contribution is 5.83. The molecule has 1 aliphatic heterocycles. The Labute approximate surface area is 113 Å². The van der Waals surface area contributed by atoms with Crippen molar-refractivity contribution in [3.63, 3.8) is 0 Å². The number of likely N-dealkylation sites (N-methyl/N-ethyl adjacent to an activating group) is 1. The Morgan fingerprint density at radius 2 is 2.16 bits per heavy atom. The molecule has 0 aliphatic carbocycles. The Bertz CT molecular complexity index is 458. The van der Waals surface area contributed by atoms with Crippen LogP contribution in [0.4, 0.5) is 11.4 Å². The van der Waals surface area contributed by atoms with Crippen molar-refractivity contribution in [1.82, 2.24) is 4.90 Å². The van der Waals surface area contributed by atoms with Crippen molar-refractivity contribution in [3.05, 3.63) is 18.2 Å². The van der Waals surface area contributed by atoms with Gasteiger partial charge in [-0.05, 0) is 32.0 Å². The molecule has 0 spiro atoms. The number of nitrogens with two attached hydrogens (primary N) is 1. The predicted molar refractivity (Wildman–Crippen MR) is 76.5 cm³/mol. The van der Waals surface area contributed by atoms with Crippen molar-refractivity contribution in [1.29, 1.82) is 0 Å². The molecule has 1 aromatic carbocycles. The molecule has 1 aromatic rings. The van der Waals surface area contributed by atoms with E-state index in [1.807, 2.05) is 41.8 Å². The first-order chi connectivity index (χ1) is 9.15. The standard InChI is InChI=1S/C14H21N3O2/c1-3-16(4-2)14(18)10-17-7-8-19-13-6-5-11(15)9-12(13)17/h5-6,9H,3-4,7-8,10,15H2,1-2H3. The van der Waals surface area contributed by atoms with E-state index in [0.717, 1.165) is 24.5 Å². The number of carbonyl (C=O) groups excluding carboxylic acids is 1. The lowest BCUT2D eigenvalue weighted by Crippen LogP contribution is -2.43. The van der Waals surface area contributed by atoms with Gasteiger partial charge >= 0.3 is 0 Å². The third-order valence-corrected chi connectivity index (χ3v) is 3.38. The van der Waals surface area contributed by atoms with Crippen LogP contribution in [0.3, 0.4) is 0 Å². The number of rotatable bonds is 4. The zero-order chi connectivity index (χ0) is 13.8. The largest absolute Gasteiger partial charge is 0.490 e. The molecule has 19 heavy (non-hydrogen) atoms. The van der Waals surface area contributed by atoms with Crippen molar-refractivity contribution in [3.8, 4) is 5.75 Å². The highest BCUT2D eigenvalue weighted by atomic mass is 16.5. The quantitative estimate of drug-likeness (QED) is 0.833. The molecule has 1 aliphatic rings. The van der Waals surface area contributed by atoms with Crippen LogP contribution in [0.25, 0.3) is 0 Å². The Balaban J connectivity index is 2.15. The van der Waals surface area contributed by atoms with Gasteiger partial charge in [0.15, 0.2) is 0 Å². The van der Waals surface area contributed by atoms with E-state index in [9.17, 15) is 4.79 Å². The number of carbonyl (C=O) groups is 1. The minimum Gasteiger partial charge on any atom is -0.490 e. The molecule has 0 aromatic heterocycles. The van der Waals surface area contributed by atoms with E-state index in [4.69, 9.17) is 10.5 Å². The molecule has 5 heteroatoms. The average molecular weight is 263 g/mol. The second kappa shape index (κ2) is 5.82. The number of hydrogen-bond donors (Lipinski definition) is 1. The molecule has 0 saturated carbocycles. The monoisotopic (exact) mass is 263 g/mol. The van der Waals surface area contributed by atoms with Gasteiger partial charge in [-0.2, -0.15) is 0 Å². The molecule has 2 rings (SSSR count). The number of nitrogens with zero attached hydrogens (tertiary/aromatic N) is 2. The number of amides is 1. The molecule has 0 radical (unpaired) electrons. The van der Waals surface area contributed by atoms with Crippen LogP contribution in [-0.2, 0) is 4.79 Å². The van der Waals surface area contributed by atoms with Gasteiger partial charge in [0.1, 0.15) is 12.4 Å². The van der Waals surface area contributed by atoms with Crippen molar-refractivity contribution in [2.45, 2.75) is 13.8 Å². The van der Waals surface area contributed by atoms with Gasteiger partial charge in [0, 0.05) is 18.8 Å². The number of ether oxygens (including phenoxy) is 1. The molecule has 0 saturated heterocycles. The van der Waals surface area contributed by atoms with Crippen molar-refractivity contribution in [2.75, 3.05) is 43.4 Å². The SMILES string of the molecule is CCN(CC)C(=O)CN1CCOc2ccc(N)cc21. The number of hydrogen-bond acceptors (Lipinski definition) is 4. The maximum atomic E-state index is 12.2. The van der Waals surface area contributed by atoms with Crippen LogP contribution in [0.2, 0.25) is 0 Å². The average Bonchev–Trinajstić information content (AvgIpc) is 2.41. The molecular weight excluding hydrogens is 242 g/mol. The van der Waals surface area contributed by atoms with Gasteiger partial charge in [0.2, 0.25) is 5.91 Å². The van der Waals surface area contributed by atoms with Crippen LogP contribution in [0.15, 0.2) is 18.2 Å². The van der Waals surface area contributed by atoms with Gasteiger partial charge in [0.25, 0.3) is 0 Å². The van der Waals surface area contributed by atoms with E-state index < -0.39 is 0 Å². The Kier molecular flexibility index (Phi) is 4.14. The van der Waals surface area contributed by atoms with Gasteiger partial charge in [-0.3, -0.25) is 4.79 Å². The van der Waals surface area contributed by atoms with Crippen LogP contribution in [0.5, 0.6) is 5.75 Å². The smallest absolute Gasteiger partial charge is 0.242 e. The fraction of sp³-hybridized carbons (Fsp3) is 0.500. The summed E-state index contributed by atoms with van der Waals surface area (Å²) in [6, 6.07) is 5.54. The van der Waals surface area contributed by atoms with Gasteiger partial charge in [0.05, 0.1) is 18.8 Å². The van der Waals surface area contributed by atoms with E-state index >= 15 is 0 Å². The summed E-state index contributed by atoms with van der Waals surface area (Å²) in [4.78, 5) is 16.1. The second-order valence-electron chi connectivity index (χ2n) is 4.56. The van der Waals surface area contributed by atoms with E-state index in [0.29, 0.717) is 25.4 Å². The highest BCUT2D eigenvalue weighted by Gasteiger charge is 2.22. The van der Waals surface area contributed by atoms with Crippen molar-refractivity contribution >= 4 is 17.3 Å². The topological polar surface area (TPSA) is 58.8 Å². The highest BCUT2D eigenvalue weighted by Crippen LogP contribution is 2.33. The molecule has 0 atom stereocenters. The normalized spacial score (nSPS) is 13.7. The third kappa shape index (κ3) is 2.92. The maximum absolute atomic E-state index is 12.2. The molecule has 2 N–H and O–H groups in total. The van der Waals surface area contributed by atoms with E-state index in [2.05, 4.69) is 0 Å². The summed E-state index contributed by atoms with van der Waals surface area (Å²) < 4.78 is 5.58. The Morgan fingerprint density at radius 3 is 2.84 bits per heavy atom. The van der Waals surface area contributed by atoms with Gasteiger partial charge in [-0.15, -0.1) is 0 Å². The summed E-state index contributed by atoms with van der Waals surface area (Å²) in [6.45, 7) is 7.15. The van der Waals surface area contributed by atoms with Crippen LogP contribution in [-0.4, -0.2) is 43.6 Å². The first-order valence-electron chi connectivity index (χ1n) is 6.70. The Hall–Kier alpha value is -1.91. The molecule has 0 fully saturated rings. The van der Waals surface area contributed by atoms with Crippen molar-refractivity contribution in [2.24, 2.45) is 0 Å². The van der Waals surface area contributed by atoms with E-state index in [1.54, 1.807) is 0 Å². The lowest BCUT2D eigenvalue weighted by Gasteiger charge is -2.32. The lowest BCUT2D eigenvalue weighted by molar-refractivity contribution is -0.129. The summed E-state index contributed by atoms with van der Waals surface area (Å²) in [5.41, 5.74) is 7.40. The second-order valence-corrected chi connectivity index (χ2v) is 4.56. The predicted octanol–water partition coefficient (Wildman–Crippen LogP) is 1.34. The zero-order valence-electron chi connectivity index (χ0n) is 11.6. The van der Waals surface area contributed by atoms with Crippen LogP contribution < -0.4 is 15.4 Å². The summed E-state index contributed by atoms with van der Waals surface area (Å²) in [7, 11) is 0. The molecule has 1 heterocycles. The van der Waals surface area contributed by atoms with Crippen LogP contribution in [0, 0.1) is 0 Å². The summed E-state index contributed by atoms with van der Waals surface area (Å²) in [5.74, 6) is 0.938. The fourth-order valence-electron chi connectivity index (χ4n) is 2.29. The van der Waals surface area contributed by atoms with Gasteiger partial charge in [-0.25, -0.2) is 0 Å². The molecule has 0 unspecified atom stereocenters.